The molecule has 3 atom stereocenters. The number of hydrogen-bond donors (Lipinski definition) is 3. The first-order valence-electron chi connectivity index (χ1n) is 12.8. The molecule has 1 aromatic carbocycles. The van der Waals surface area contributed by atoms with E-state index < -0.39 is 41.4 Å². The Bertz CT molecular complexity index is 1310. The number of aromatic amines is 1. The predicted octanol–water partition coefficient (Wildman–Crippen LogP) is 4.04. The topological polar surface area (TPSA) is 117 Å². The number of halogens is 3. The van der Waals surface area contributed by atoms with Gasteiger partial charge in [-0.2, -0.15) is 13.2 Å². The van der Waals surface area contributed by atoms with Gasteiger partial charge in [0.25, 0.3) is 0 Å². The van der Waals surface area contributed by atoms with Crippen molar-refractivity contribution in [1.29, 1.82) is 0 Å². The van der Waals surface area contributed by atoms with Crippen molar-refractivity contribution in [2.45, 2.75) is 44.8 Å². The minimum Gasteiger partial charge on any atom is -0.463 e. The third kappa shape index (κ3) is 8.09. The second kappa shape index (κ2) is 13.6. The molecule has 3 N–H and O–H groups in total. The molecule has 1 fully saturated rings. The molecule has 0 saturated carbocycles. The lowest BCUT2D eigenvalue weighted by atomic mass is 9.94. The fourth-order valence-corrected chi connectivity index (χ4v) is 4.46. The molecule has 2 amide bonds. The van der Waals surface area contributed by atoms with Gasteiger partial charge in [0.1, 0.15) is 0 Å². The Morgan fingerprint density at radius 2 is 1.98 bits per heavy atom. The first-order valence-corrected chi connectivity index (χ1v) is 12.8. The maximum atomic E-state index is 13.4. The van der Waals surface area contributed by atoms with E-state index >= 15 is 0 Å². The molecule has 11 heteroatoms. The number of terminal acetylenes is 1. The molecule has 8 nitrogen and oxygen atoms in total. The lowest BCUT2D eigenvalue weighted by Crippen LogP contribution is -2.40. The van der Waals surface area contributed by atoms with Gasteiger partial charge in [-0.3, -0.25) is 14.4 Å². The molecule has 0 bridgehead atoms. The molecule has 40 heavy (non-hydrogen) atoms. The fourth-order valence-electron chi connectivity index (χ4n) is 4.46. The van der Waals surface area contributed by atoms with Crippen molar-refractivity contribution in [3.8, 4) is 23.6 Å². The summed E-state index contributed by atoms with van der Waals surface area (Å²) in [6, 6.07) is 7.01. The smallest absolute Gasteiger partial charge is 0.417 e. The molecule has 1 aliphatic heterocycles. The lowest BCUT2D eigenvalue weighted by molar-refractivity contribution is -0.138. The summed E-state index contributed by atoms with van der Waals surface area (Å²) in [5.41, 5.74) is -0.825. The highest BCUT2D eigenvalue weighted by molar-refractivity contribution is 5.98. The number of alkyl halides is 3. The van der Waals surface area contributed by atoms with Crippen LogP contribution in [-0.4, -0.2) is 47.7 Å². The number of H-pyrrole nitrogens is 1. The third-order valence-electron chi connectivity index (χ3n) is 6.46. The van der Waals surface area contributed by atoms with Crippen LogP contribution in [0.5, 0.6) is 0 Å². The number of carbonyl (C=O) groups is 4. The second-order valence-corrected chi connectivity index (χ2v) is 9.30. The molecule has 1 saturated heterocycles. The number of nitrogens with one attached hydrogen (secondary N) is 3. The van der Waals surface area contributed by atoms with Crippen molar-refractivity contribution < 1.29 is 37.1 Å². The number of aromatic nitrogens is 1. The number of carbonyl (C=O) groups excluding carboxylic acids is 4. The summed E-state index contributed by atoms with van der Waals surface area (Å²) in [4.78, 5) is 52.8. The molecule has 3 rings (SSSR count). The molecule has 212 valence electrons. The zero-order valence-corrected chi connectivity index (χ0v) is 21.8. The van der Waals surface area contributed by atoms with Gasteiger partial charge in [-0.15, -0.1) is 12.3 Å². The number of benzene rings is 1. The van der Waals surface area contributed by atoms with Crippen molar-refractivity contribution in [3.63, 3.8) is 0 Å². The Morgan fingerprint density at radius 3 is 2.62 bits per heavy atom. The van der Waals surface area contributed by atoms with E-state index in [1.165, 1.54) is 42.5 Å². The van der Waals surface area contributed by atoms with Crippen LogP contribution in [0.2, 0.25) is 0 Å². The summed E-state index contributed by atoms with van der Waals surface area (Å²) in [6.07, 6.45) is 3.87. The number of rotatable bonds is 12. The van der Waals surface area contributed by atoms with Gasteiger partial charge >= 0.3 is 12.1 Å². The summed E-state index contributed by atoms with van der Waals surface area (Å²) in [5, 5.41) is 5.48. The third-order valence-corrected chi connectivity index (χ3v) is 6.46. The van der Waals surface area contributed by atoms with E-state index in [0.717, 1.165) is 6.07 Å². The second-order valence-electron chi connectivity index (χ2n) is 9.30. The normalized spacial score (nSPS) is 16.7. The average Bonchev–Trinajstić information content (AvgIpc) is 3.56. The number of ether oxygens (including phenoxy) is 1. The van der Waals surface area contributed by atoms with Gasteiger partial charge in [0.05, 0.1) is 23.8 Å². The molecule has 0 aliphatic carbocycles. The van der Waals surface area contributed by atoms with Gasteiger partial charge in [-0.25, -0.2) is 4.79 Å². The zero-order valence-electron chi connectivity index (χ0n) is 21.8. The van der Waals surface area contributed by atoms with Gasteiger partial charge in [0.15, 0.2) is 5.78 Å². The fraction of sp³-hybridized carbons (Fsp3) is 0.379. The monoisotopic (exact) mass is 557 g/mol. The van der Waals surface area contributed by atoms with Gasteiger partial charge in [0.2, 0.25) is 11.8 Å². The Morgan fingerprint density at radius 1 is 1.23 bits per heavy atom. The van der Waals surface area contributed by atoms with E-state index in [9.17, 15) is 32.3 Å². The van der Waals surface area contributed by atoms with Crippen LogP contribution in [0.25, 0.3) is 11.3 Å². The number of ketones is 1. The van der Waals surface area contributed by atoms with E-state index in [2.05, 4.69) is 21.5 Å². The number of Topliss-reactive ketones (excluding diaryl/α,β-unsaturated/α-hetero) is 1. The molecular formula is C29H30F3N3O5. The molecule has 0 radical (unpaired) electrons. The minimum absolute atomic E-state index is 0.0307. The SMILES string of the molecule is C#CC[C@H](CC(=O)c1ccc(-c2ccccc2C(F)(F)F)[nH]1)C(=O)N[C@H](/C=C/C(=O)OCC)C[C@@H]1CCNC1=O. The maximum absolute atomic E-state index is 13.4. The van der Waals surface area contributed by atoms with Crippen molar-refractivity contribution in [1.82, 2.24) is 15.6 Å². The Kier molecular flexibility index (Phi) is 10.3. The molecule has 2 aromatic rings. The highest BCUT2D eigenvalue weighted by atomic mass is 19.4. The first-order chi connectivity index (χ1) is 19.0. The van der Waals surface area contributed by atoms with Crippen LogP contribution < -0.4 is 10.6 Å². The number of esters is 1. The zero-order chi connectivity index (χ0) is 29.3. The molecule has 2 heterocycles. The van der Waals surface area contributed by atoms with Gasteiger partial charge in [-0.05, 0) is 38.0 Å². The van der Waals surface area contributed by atoms with E-state index in [-0.39, 0.29) is 54.6 Å². The van der Waals surface area contributed by atoms with Crippen molar-refractivity contribution in [2.24, 2.45) is 11.8 Å². The van der Waals surface area contributed by atoms with Crippen LogP contribution in [0.4, 0.5) is 13.2 Å². The van der Waals surface area contributed by atoms with Crippen LogP contribution >= 0.6 is 0 Å². The Labute approximate surface area is 229 Å². The Balaban J connectivity index is 1.74. The van der Waals surface area contributed by atoms with E-state index in [1.54, 1.807) is 6.92 Å². The number of hydrogen-bond acceptors (Lipinski definition) is 5. The van der Waals surface area contributed by atoms with Gasteiger partial charge in [0, 0.05) is 48.7 Å². The Hall–Kier alpha value is -4.33. The van der Waals surface area contributed by atoms with E-state index in [1.807, 2.05) is 0 Å². The van der Waals surface area contributed by atoms with Gasteiger partial charge < -0.3 is 20.4 Å². The largest absolute Gasteiger partial charge is 0.463 e. The highest BCUT2D eigenvalue weighted by Gasteiger charge is 2.34. The van der Waals surface area contributed by atoms with Crippen LogP contribution in [-0.2, 0) is 25.3 Å². The van der Waals surface area contributed by atoms with Crippen molar-refractivity contribution >= 4 is 23.6 Å². The van der Waals surface area contributed by atoms with E-state index in [0.29, 0.717) is 13.0 Å². The average molecular weight is 558 g/mol. The maximum Gasteiger partial charge on any atom is 0.417 e. The van der Waals surface area contributed by atoms with Crippen molar-refractivity contribution in [3.05, 3.63) is 59.8 Å². The van der Waals surface area contributed by atoms with Crippen LogP contribution in [0.1, 0.15) is 48.7 Å². The quantitative estimate of drug-likeness (QED) is 0.158. The standard InChI is InChI=1S/C29H30F3N3O5/c1-3-7-18(28(39)34-20(10-13-26(37)40-4-2)16-19-14-15-33-27(19)38)17-25(36)24-12-11-23(35-24)21-8-5-6-9-22(21)29(30,31)32/h1,5-6,8-13,18-20,35H,4,7,14-17H2,2H3,(H,33,38)(H,34,39)/b13-10+/t18-,19+,20-/m1/s1. The molecule has 0 unspecified atom stereocenters. The molecular weight excluding hydrogens is 527 g/mol. The van der Waals surface area contributed by atoms with Crippen LogP contribution in [0, 0.1) is 24.2 Å². The summed E-state index contributed by atoms with van der Waals surface area (Å²) in [6.45, 7) is 2.32. The lowest BCUT2D eigenvalue weighted by Gasteiger charge is -2.21. The van der Waals surface area contributed by atoms with Crippen LogP contribution in [0.3, 0.4) is 0 Å². The summed E-state index contributed by atoms with van der Waals surface area (Å²) in [7, 11) is 0. The summed E-state index contributed by atoms with van der Waals surface area (Å²) in [5.74, 6) is -0.792. The van der Waals surface area contributed by atoms with Gasteiger partial charge in [-0.1, -0.05) is 24.3 Å². The van der Waals surface area contributed by atoms with E-state index in [4.69, 9.17) is 11.2 Å². The highest BCUT2D eigenvalue weighted by Crippen LogP contribution is 2.36. The predicted molar refractivity (Wildman–Crippen MR) is 141 cm³/mol. The van der Waals surface area contributed by atoms with Crippen LogP contribution in [0.15, 0.2) is 48.6 Å². The summed E-state index contributed by atoms with van der Waals surface area (Å²) < 4.78 is 45.2. The molecule has 1 aliphatic rings. The first kappa shape index (κ1) is 30.2. The minimum atomic E-state index is -4.58. The molecule has 0 spiro atoms. The number of amides is 2. The summed E-state index contributed by atoms with van der Waals surface area (Å²) >= 11 is 0. The molecule has 1 aromatic heterocycles. The van der Waals surface area contributed by atoms with Crippen molar-refractivity contribution in [2.75, 3.05) is 13.2 Å².